The summed E-state index contributed by atoms with van der Waals surface area (Å²) in [4.78, 5) is 23.4. The fourth-order valence-corrected chi connectivity index (χ4v) is 2.40. The SMILES string of the molecule is Cc1ccc(C(=O)Nc2ccc(I)cc2C(=O)O)cc1Cl. The molecule has 2 rings (SSSR count). The van der Waals surface area contributed by atoms with E-state index in [1.54, 1.807) is 30.3 Å². The number of benzene rings is 2. The molecule has 6 heteroatoms. The van der Waals surface area contributed by atoms with E-state index in [9.17, 15) is 14.7 Å². The molecule has 0 unspecified atom stereocenters. The number of nitrogens with one attached hydrogen (secondary N) is 1. The maximum Gasteiger partial charge on any atom is 0.337 e. The minimum absolute atomic E-state index is 0.0495. The Hall–Kier alpha value is -1.60. The van der Waals surface area contributed by atoms with Gasteiger partial charge < -0.3 is 10.4 Å². The second-order valence-corrected chi connectivity index (χ2v) is 6.07. The number of carbonyl (C=O) groups is 2. The molecule has 0 atom stereocenters. The first kappa shape index (κ1) is 15.8. The van der Waals surface area contributed by atoms with Gasteiger partial charge in [0.2, 0.25) is 0 Å². The summed E-state index contributed by atoms with van der Waals surface area (Å²) in [6.07, 6.45) is 0. The predicted molar refractivity (Wildman–Crippen MR) is 90.3 cm³/mol. The molecule has 0 aromatic heterocycles. The summed E-state index contributed by atoms with van der Waals surface area (Å²) in [5.74, 6) is -1.49. The molecule has 2 aromatic rings. The molecule has 108 valence electrons. The Morgan fingerprint density at radius 3 is 2.52 bits per heavy atom. The predicted octanol–water partition coefficient (Wildman–Crippen LogP) is 4.20. The van der Waals surface area contributed by atoms with Crippen LogP contribution in [0.3, 0.4) is 0 Å². The van der Waals surface area contributed by atoms with E-state index in [4.69, 9.17) is 11.6 Å². The number of anilines is 1. The Bertz CT molecular complexity index is 731. The lowest BCUT2D eigenvalue weighted by molar-refractivity contribution is 0.0698. The van der Waals surface area contributed by atoms with Gasteiger partial charge in [0.15, 0.2) is 0 Å². The maximum absolute atomic E-state index is 12.2. The Morgan fingerprint density at radius 1 is 1.19 bits per heavy atom. The van der Waals surface area contributed by atoms with E-state index in [0.29, 0.717) is 10.6 Å². The third-order valence-electron chi connectivity index (χ3n) is 2.89. The van der Waals surface area contributed by atoms with Crippen molar-refractivity contribution in [3.05, 3.63) is 61.7 Å². The second kappa shape index (κ2) is 6.44. The summed E-state index contributed by atoms with van der Waals surface area (Å²) in [7, 11) is 0. The van der Waals surface area contributed by atoms with Crippen molar-refractivity contribution < 1.29 is 14.7 Å². The zero-order valence-electron chi connectivity index (χ0n) is 11.0. The molecule has 0 spiro atoms. The van der Waals surface area contributed by atoms with Gasteiger partial charge in [0.1, 0.15) is 0 Å². The molecule has 2 N–H and O–H groups in total. The van der Waals surface area contributed by atoms with Crippen LogP contribution in [0.25, 0.3) is 0 Å². The zero-order valence-corrected chi connectivity index (χ0v) is 13.9. The number of amides is 1. The average Bonchev–Trinajstić information content (AvgIpc) is 2.43. The van der Waals surface area contributed by atoms with Gasteiger partial charge in [0, 0.05) is 14.2 Å². The molecule has 0 aliphatic rings. The van der Waals surface area contributed by atoms with Crippen molar-refractivity contribution in [3.8, 4) is 0 Å². The topological polar surface area (TPSA) is 66.4 Å². The Labute approximate surface area is 140 Å². The van der Waals surface area contributed by atoms with Crippen LogP contribution in [0.4, 0.5) is 5.69 Å². The summed E-state index contributed by atoms with van der Waals surface area (Å²) in [5, 5.41) is 12.3. The minimum Gasteiger partial charge on any atom is -0.478 e. The molecular formula is C15H11ClINO3. The highest BCUT2D eigenvalue weighted by atomic mass is 127. The summed E-state index contributed by atoms with van der Waals surface area (Å²) < 4.78 is 0.779. The molecule has 0 saturated carbocycles. The average molecular weight is 416 g/mol. The molecule has 0 fully saturated rings. The van der Waals surface area contributed by atoms with Gasteiger partial charge >= 0.3 is 5.97 Å². The second-order valence-electron chi connectivity index (χ2n) is 4.41. The van der Waals surface area contributed by atoms with Crippen LogP contribution in [0.15, 0.2) is 36.4 Å². The monoisotopic (exact) mass is 415 g/mol. The molecule has 0 heterocycles. The van der Waals surface area contributed by atoms with E-state index in [-0.39, 0.29) is 11.3 Å². The van der Waals surface area contributed by atoms with Crippen LogP contribution in [0.1, 0.15) is 26.3 Å². The summed E-state index contributed by atoms with van der Waals surface area (Å²) in [6, 6.07) is 9.73. The lowest BCUT2D eigenvalue weighted by atomic mass is 10.1. The van der Waals surface area contributed by atoms with Crippen LogP contribution in [-0.2, 0) is 0 Å². The molecular weight excluding hydrogens is 405 g/mol. The van der Waals surface area contributed by atoms with E-state index >= 15 is 0 Å². The van der Waals surface area contributed by atoms with Crippen LogP contribution in [0.2, 0.25) is 5.02 Å². The van der Waals surface area contributed by atoms with Crippen molar-refractivity contribution in [3.63, 3.8) is 0 Å². The molecule has 0 saturated heterocycles. The largest absolute Gasteiger partial charge is 0.478 e. The molecule has 0 aliphatic heterocycles. The van der Waals surface area contributed by atoms with Gasteiger partial charge in [-0.05, 0) is 65.4 Å². The quantitative estimate of drug-likeness (QED) is 0.738. The first-order valence-corrected chi connectivity index (χ1v) is 7.44. The third kappa shape index (κ3) is 3.74. The normalized spacial score (nSPS) is 10.2. The molecule has 1 amide bonds. The van der Waals surface area contributed by atoms with Crippen LogP contribution >= 0.6 is 34.2 Å². The van der Waals surface area contributed by atoms with Crippen LogP contribution in [-0.4, -0.2) is 17.0 Å². The molecule has 2 aromatic carbocycles. The molecule has 0 bridgehead atoms. The van der Waals surface area contributed by atoms with Gasteiger partial charge in [0.25, 0.3) is 5.91 Å². The van der Waals surface area contributed by atoms with Crippen molar-refractivity contribution in [1.82, 2.24) is 0 Å². The van der Waals surface area contributed by atoms with Gasteiger partial charge in [-0.3, -0.25) is 4.79 Å². The first-order chi connectivity index (χ1) is 9.88. The number of rotatable bonds is 3. The lowest BCUT2D eigenvalue weighted by Gasteiger charge is -2.09. The van der Waals surface area contributed by atoms with Crippen LogP contribution in [0.5, 0.6) is 0 Å². The van der Waals surface area contributed by atoms with E-state index in [2.05, 4.69) is 5.32 Å². The Balaban J connectivity index is 2.31. The van der Waals surface area contributed by atoms with Crippen molar-refractivity contribution in [2.45, 2.75) is 6.92 Å². The Morgan fingerprint density at radius 2 is 1.90 bits per heavy atom. The van der Waals surface area contributed by atoms with Crippen molar-refractivity contribution in [2.75, 3.05) is 5.32 Å². The number of aromatic carboxylic acids is 1. The number of hydrogen-bond donors (Lipinski definition) is 2. The lowest BCUT2D eigenvalue weighted by Crippen LogP contribution is -2.15. The number of aryl methyl sites for hydroxylation is 1. The zero-order chi connectivity index (χ0) is 15.6. The highest BCUT2D eigenvalue weighted by Crippen LogP contribution is 2.21. The standard InChI is InChI=1S/C15H11ClINO3/c1-8-2-3-9(6-12(8)16)14(19)18-13-5-4-10(17)7-11(13)15(20)21/h2-7H,1H3,(H,18,19)(H,20,21). The number of carboxylic acid groups (broad SMARTS) is 1. The summed E-state index contributed by atoms with van der Waals surface area (Å²) >= 11 is 8.00. The van der Waals surface area contributed by atoms with Crippen molar-refractivity contribution >= 4 is 51.8 Å². The number of carbonyl (C=O) groups excluding carboxylic acids is 1. The van der Waals surface area contributed by atoms with E-state index in [1.807, 2.05) is 29.5 Å². The van der Waals surface area contributed by atoms with Gasteiger partial charge in [-0.2, -0.15) is 0 Å². The minimum atomic E-state index is -1.09. The fourth-order valence-electron chi connectivity index (χ4n) is 1.73. The maximum atomic E-state index is 12.2. The van der Waals surface area contributed by atoms with Gasteiger partial charge in [-0.1, -0.05) is 17.7 Å². The van der Waals surface area contributed by atoms with Gasteiger partial charge in [-0.25, -0.2) is 4.79 Å². The van der Waals surface area contributed by atoms with Crippen molar-refractivity contribution in [2.24, 2.45) is 0 Å². The highest BCUT2D eigenvalue weighted by Gasteiger charge is 2.14. The fraction of sp³-hybridized carbons (Fsp3) is 0.0667. The van der Waals surface area contributed by atoms with Gasteiger partial charge in [0.05, 0.1) is 11.3 Å². The van der Waals surface area contributed by atoms with E-state index in [0.717, 1.165) is 9.13 Å². The van der Waals surface area contributed by atoms with Crippen LogP contribution < -0.4 is 5.32 Å². The smallest absolute Gasteiger partial charge is 0.337 e. The van der Waals surface area contributed by atoms with E-state index < -0.39 is 11.9 Å². The summed E-state index contributed by atoms with van der Waals surface area (Å²) in [5.41, 5.74) is 1.55. The number of hydrogen-bond acceptors (Lipinski definition) is 2. The molecule has 4 nitrogen and oxygen atoms in total. The highest BCUT2D eigenvalue weighted by molar-refractivity contribution is 14.1. The summed E-state index contributed by atoms with van der Waals surface area (Å²) in [6.45, 7) is 1.84. The molecule has 0 aliphatic carbocycles. The van der Waals surface area contributed by atoms with Gasteiger partial charge in [-0.15, -0.1) is 0 Å². The van der Waals surface area contributed by atoms with E-state index in [1.165, 1.54) is 6.07 Å². The Kier molecular flexibility index (Phi) is 4.84. The van der Waals surface area contributed by atoms with Crippen LogP contribution in [0, 0.1) is 10.5 Å². The number of carboxylic acids is 1. The number of halogens is 2. The van der Waals surface area contributed by atoms with Crippen molar-refractivity contribution in [1.29, 1.82) is 0 Å². The molecule has 0 radical (unpaired) electrons. The molecule has 21 heavy (non-hydrogen) atoms. The first-order valence-electron chi connectivity index (χ1n) is 5.99. The third-order valence-corrected chi connectivity index (χ3v) is 3.97.